The van der Waals surface area contributed by atoms with Gasteiger partial charge in [0.1, 0.15) is 11.5 Å². The number of hydrogen-bond acceptors (Lipinski definition) is 4. The number of phenolic OH excluding ortho intramolecular Hbond substituents is 2. The lowest BCUT2D eigenvalue weighted by molar-refractivity contribution is 0.475. The van der Waals surface area contributed by atoms with Crippen LogP contribution in [0, 0.1) is 0 Å². The van der Waals surface area contributed by atoms with Crippen LogP contribution in [0.2, 0.25) is 0 Å². The van der Waals surface area contributed by atoms with Crippen molar-refractivity contribution in [2.75, 3.05) is 0 Å². The van der Waals surface area contributed by atoms with Gasteiger partial charge in [-0.25, -0.2) is 0 Å². The van der Waals surface area contributed by atoms with Gasteiger partial charge in [-0.2, -0.15) is 0 Å². The highest BCUT2D eigenvalue weighted by atomic mass is 32.1. The minimum absolute atomic E-state index is 0.255. The third kappa shape index (κ3) is 4.20. The Labute approximate surface area is 203 Å². The van der Waals surface area contributed by atoms with E-state index in [4.69, 9.17) is 0 Å². The maximum absolute atomic E-state index is 10.7. The van der Waals surface area contributed by atoms with Gasteiger partial charge in [0.2, 0.25) is 0 Å². The van der Waals surface area contributed by atoms with E-state index in [9.17, 15) is 10.2 Å². The Hall–Kier alpha value is -3.89. The molecule has 2 N–H and O–H groups in total. The Kier molecular flexibility index (Phi) is 5.91. The first-order valence-electron chi connectivity index (χ1n) is 11.2. The molecule has 34 heavy (non-hydrogen) atoms. The third-order valence-electron chi connectivity index (χ3n) is 6.45. The van der Waals surface area contributed by atoms with Crippen LogP contribution in [-0.2, 0) is 11.8 Å². The molecule has 5 rings (SSSR count). The van der Waals surface area contributed by atoms with Gasteiger partial charge in [-0.05, 0) is 52.9 Å². The summed E-state index contributed by atoms with van der Waals surface area (Å²) in [6.45, 7) is 2.22. The van der Waals surface area contributed by atoms with Crippen molar-refractivity contribution < 1.29 is 10.2 Å². The molecule has 0 aliphatic carbocycles. The lowest BCUT2D eigenvalue weighted by Crippen LogP contribution is -2.26. The van der Waals surface area contributed by atoms with E-state index in [0.717, 1.165) is 39.8 Å². The van der Waals surface area contributed by atoms with Gasteiger partial charge in [0.25, 0.3) is 0 Å². The van der Waals surface area contributed by atoms with E-state index in [-0.39, 0.29) is 11.5 Å². The van der Waals surface area contributed by atoms with Crippen molar-refractivity contribution in [2.45, 2.75) is 18.8 Å². The first kappa shape index (κ1) is 21.9. The molecule has 0 spiro atoms. The maximum Gasteiger partial charge on any atom is 0.123 e. The zero-order valence-corrected chi connectivity index (χ0v) is 19.7. The van der Waals surface area contributed by atoms with Crippen LogP contribution < -0.4 is 0 Å². The van der Waals surface area contributed by atoms with Crippen LogP contribution in [-0.4, -0.2) is 15.2 Å². The van der Waals surface area contributed by atoms with Crippen molar-refractivity contribution in [2.24, 2.45) is 0 Å². The molecule has 0 fully saturated rings. The number of aromatic nitrogens is 1. The molecule has 0 radical (unpaired) electrons. The molecule has 1 heterocycles. The van der Waals surface area contributed by atoms with E-state index in [2.05, 4.69) is 24.0 Å². The molecular formula is C30H25NO2S. The fourth-order valence-corrected chi connectivity index (χ4v) is 5.26. The van der Waals surface area contributed by atoms with E-state index >= 15 is 0 Å². The van der Waals surface area contributed by atoms with E-state index < -0.39 is 5.41 Å². The fraction of sp³-hybridized carbons (Fsp3) is 0.100. The molecule has 0 saturated heterocycles. The number of aromatic hydroxyl groups is 2. The SMILES string of the molecule is CC(Cc1cncs1)(c1ccc(O)c(-c2ccccc2)c1)c1ccc(O)c(-c2ccccc2)c1. The van der Waals surface area contributed by atoms with Gasteiger partial charge in [0.05, 0.1) is 5.51 Å². The summed E-state index contributed by atoms with van der Waals surface area (Å²) >= 11 is 1.64. The summed E-state index contributed by atoms with van der Waals surface area (Å²) in [5, 5.41) is 21.3. The largest absolute Gasteiger partial charge is 0.507 e. The second kappa shape index (κ2) is 9.16. The summed E-state index contributed by atoms with van der Waals surface area (Å²) in [6.07, 6.45) is 2.66. The molecule has 5 aromatic rings. The summed E-state index contributed by atoms with van der Waals surface area (Å²) in [5.74, 6) is 0.511. The maximum atomic E-state index is 10.7. The van der Waals surface area contributed by atoms with Gasteiger partial charge < -0.3 is 10.2 Å². The Morgan fingerprint density at radius 3 is 1.65 bits per heavy atom. The van der Waals surface area contributed by atoms with Crippen LogP contribution in [0.4, 0.5) is 0 Å². The Morgan fingerprint density at radius 1 is 0.706 bits per heavy atom. The van der Waals surface area contributed by atoms with E-state index in [1.165, 1.54) is 4.88 Å². The number of nitrogens with zero attached hydrogens (tertiary/aromatic N) is 1. The highest BCUT2D eigenvalue weighted by Crippen LogP contribution is 2.42. The van der Waals surface area contributed by atoms with Crippen LogP contribution in [0.1, 0.15) is 22.9 Å². The minimum Gasteiger partial charge on any atom is -0.507 e. The molecule has 0 unspecified atom stereocenters. The van der Waals surface area contributed by atoms with E-state index in [1.54, 1.807) is 23.5 Å². The molecule has 0 amide bonds. The van der Waals surface area contributed by atoms with Crippen LogP contribution in [0.5, 0.6) is 11.5 Å². The van der Waals surface area contributed by atoms with Crippen molar-refractivity contribution in [3.05, 3.63) is 125 Å². The van der Waals surface area contributed by atoms with Crippen LogP contribution in [0.25, 0.3) is 22.3 Å². The first-order valence-corrected chi connectivity index (χ1v) is 12.1. The van der Waals surface area contributed by atoms with Gasteiger partial charge in [-0.15, -0.1) is 11.3 Å². The summed E-state index contributed by atoms with van der Waals surface area (Å²) in [7, 11) is 0. The highest BCUT2D eigenvalue weighted by molar-refractivity contribution is 7.09. The van der Waals surface area contributed by atoms with Gasteiger partial charge in [0.15, 0.2) is 0 Å². The van der Waals surface area contributed by atoms with Crippen LogP contribution in [0.3, 0.4) is 0 Å². The minimum atomic E-state index is -0.416. The Morgan fingerprint density at radius 2 is 1.21 bits per heavy atom. The zero-order chi connectivity index (χ0) is 23.5. The molecular weight excluding hydrogens is 438 g/mol. The summed E-state index contributed by atoms with van der Waals surface area (Å²) in [5.41, 5.74) is 7.15. The molecule has 0 aliphatic heterocycles. The van der Waals surface area contributed by atoms with E-state index in [1.807, 2.05) is 84.5 Å². The normalized spacial score (nSPS) is 11.4. The van der Waals surface area contributed by atoms with Gasteiger partial charge >= 0.3 is 0 Å². The average Bonchev–Trinajstić information content (AvgIpc) is 3.38. The van der Waals surface area contributed by atoms with Crippen molar-refractivity contribution in [1.29, 1.82) is 0 Å². The molecule has 4 aromatic carbocycles. The highest BCUT2D eigenvalue weighted by Gasteiger charge is 2.31. The number of hydrogen-bond donors (Lipinski definition) is 2. The predicted molar refractivity (Wildman–Crippen MR) is 139 cm³/mol. The lowest BCUT2D eigenvalue weighted by atomic mass is 9.72. The van der Waals surface area contributed by atoms with Gasteiger partial charge in [-0.3, -0.25) is 4.98 Å². The second-order valence-corrected chi connectivity index (χ2v) is 9.64. The Balaban J connectivity index is 1.68. The smallest absolute Gasteiger partial charge is 0.123 e. The van der Waals surface area contributed by atoms with E-state index in [0.29, 0.717) is 0 Å². The third-order valence-corrected chi connectivity index (χ3v) is 7.23. The molecule has 4 heteroatoms. The first-order chi connectivity index (χ1) is 16.5. The van der Waals surface area contributed by atoms with Crippen molar-refractivity contribution in [3.63, 3.8) is 0 Å². The van der Waals surface area contributed by atoms with Gasteiger partial charge in [0, 0.05) is 27.6 Å². The lowest BCUT2D eigenvalue weighted by Gasteiger charge is -2.32. The van der Waals surface area contributed by atoms with Crippen molar-refractivity contribution in [3.8, 4) is 33.8 Å². The molecule has 168 valence electrons. The number of rotatable bonds is 6. The fourth-order valence-electron chi connectivity index (χ4n) is 4.51. The molecule has 0 saturated carbocycles. The molecule has 3 nitrogen and oxygen atoms in total. The number of benzene rings is 4. The summed E-state index contributed by atoms with van der Waals surface area (Å²) < 4.78 is 0. The summed E-state index contributed by atoms with van der Waals surface area (Å²) in [6, 6.07) is 31.6. The monoisotopic (exact) mass is 463 g/mol. The Bertz CT molecular complexity index is 1310. The quantitative estimate of drug-likeness (QED) is 0.275. The van der Waals surface area contributed by atoms with Crippen LogP contribution >= 0.6 is 11.3 Å². The zero-order valence-electron chi connectivity index (χ0n) is 18.8. The molecule has 0 aliphatic rings. The van der Waals surface area contributed by atoms with Gasteiger partial charge in [-0.1, -0.05) is 79.7 Å². The second-order valence-electron chi connectivity index (χ2n) is 8.67. The predicted octanol–water partition coefficient (Wildman–Crippen LogP) is 7.44. The topological polar surface area (TPSA) is 53.4 Å². The van der Waals surface area contributed by atoms with Crippen molar-refractivity contribution in [1.82, 2.24) is 4.98 Å². The molecule has 0 bridgehead atoms. The van der Waals surface area contributed by atoms with Crippen molar-refractivity contribution >= 4 is 11.3 Å². The average molecular weight is 464 g/mol. The van der Waals surface area contributed by atoms with Crippen LogP contribution in [0.15, 0.2) is 109 Å². The number of thiazole rings is 1. The molecule has 0 atom stereocenters. The summed E-state index contributed by atoms with van der Waals surface area (Å²) in [4.78, 5) is 5.46. The molecule has 1 aromatic heterocycles. The standard InChI is InChI=1S/C30H25NO2S/c1-30(18-25-19-31-20-34-25,23-12-14-28(32)26(16-23)21-8-4-2-5-9-21)24-13-15-29(33)27(17-24)22-10-6-3-7-11-22/h2-17,19-20,32-33H,18H2,1H3. The number of phenols is 2.